The summed E-state index contributed by atoms with van der Waals surface area (Å²) in [5.41, 5.74) is -0.823. The number of nitrogens with zero attached hydrogens (tertiary/aromatic N) is 2. The van der Waals surface area contributed by atoms with Crippen LogP contribution in [0.5, 0.6) is 5.75 Å². The number of benzene rings is 3. The monoisotopic (exact) mass is 570 g/mol. The Morgan fingerprint density at radius 2 is 1.50 bits per heavy atom. The SMILES string of the molecule is CC1=NN(c2c(F)c(F)c(F)c(F)c2F)C(=O)/C1=C/c1cc(Cl)c(OCc2ccc(C(=O)O)cc2)c(Cl)c1. The van der Waals surface area contributed by atoms with E-state index in [4.69, 9.17) is 33.0 Å². The fourth-order valence-corrected chi connectivity index (χ4v) is 4.09. The smallest absolute Gasteiger partial charge is 0.335 e. The van der Waals surface area contributed by atoms with Crippen molar-refractivity contribution in [3.8, 4) is 5.75 Å². The fraction of sp³-hybridized carbons (Fsp3) is 0.0800. The molecule has 4 rings (SSSR count). The van der Waals surface area contributed by atoms with Gasteiger partial charge in [0.15, 0.2) is 29.0 Å². The van der Waals surface area contributed by atoms with E-state index in [1.165, 1.54) is 37.3 Å². The van der Waals surface area contributed by atoms with Crippen molar-refractivity contribution in [2.75, 3.05) is 5.01 Å². The third-order valence-electron chi connectivity index (χ3n) is 5.38. The lowest BCUT2D eigenvalue weighted by Gasteiger charge is -2.15. The van der Waals surface area contributed by atoms with Gasteiger partial charge in [0.05, 0.1) is 26.9 Å². The van der Waals surface area contributed by atoms with Crippen LogP contribution >= 0.6 is 23.2 Å². The standard InChI is InChI=1S/C25H13Cl2F5N2O4/c1-10-14(24(35)34(33-10)22-20(31)18(29)17(28)19(30)21(22)32)6-12-7-15(26)23(16(27)8-12)38-9-11-2-4-13(5-3-11)25(36)37/h2-8H,9H2,1H3,(H,36,37)/b14-6+. The molecule has 0 aromatic heterocycles. The average molecular weight is 571 g/mol. The van der Waals surface area contributed by atoms with Crippen LogP contribution in [0.4, 0.5) is 27.6 Å². The lowest BCUT2D eigenvalue weighted by Crippen LogP contribution is -2.25. The van der Waals surface area contributed by atoms with Crippen molar-refractivity contribution in [3.63, 3.8) is 0 Å². The quantitative estimate of drug-likeness (QED) is 0.153. The molecule has 1 N–H and O–H groups in total. The molecule has 0 atom stereocenters. The van der Waals surface area contributed by atoms with E-state index >= 15 is 0 Å². The van der Waals surface area contributed by atoms with Crippen LogP contribution in [-0.4, -0.2) is 22.7 Å². The third-order valence-corrected chi connectivity index (χ3v) is 5.94. The maximum Gasteiger partial charge on any atom is 0.335 e. The van der Waals surface area contributed by atoms with Gasteiger partial charge in [-0.1, -0.05) is 35.3 Å². The maximum atomic E-state index is 14.2. The normalized spacial score (nSPS) is 14.3. The van der Waals surface area contributed by atoms with Crippen LogP contribution in [0.2, 0.25) is 10.0 Å². The second kappa shape index (κ2) is 10.4. The molecule has 38 heavy (non-hydrogen) atoms. The number of ether oxygens (including phenoxy) is 1. The van der Waals surface area contributed by atoms with E-state index in [9.17, 15) is 31.5 Å². The highest BCUT2D eigenvalue weighted by atomic mass is 35.5. The van der Waals surface area contributed by atoms with Gasteiger partial charge in [-0.25, -0.2) is 26.7 Å². The summed E-state index contributed by atoms with van der Waals surface area (Å²) < 4.78 is 74.8. The molecule has 0 radical (unpaired) electrons. The number of hydrazone groups is 1. The summed E-state index contributed by atoms with van der Waals surface area (Å²) in [6.45, 7) is 1.30. The Labute approximate surface area is 221 Å². The topological polar surface area (TPSA) is 79.2 Å². The molecule has 6 nitrogen and oxygen atoms in total. The first-order valence-corrected chi connectivity index (χ1v) is 11.2. The molecule has 196 valence electrons. The summed E-state index contributed by atoms with van der Waals surface area (Å²) in [7, 11) is 0. The number of hydrogen-bond acceptors (Lipinski definition) is 4. The van der Waals surface area contributed by atoms with E-state index in [1.54, 1.807) is 12.1 Å². The first-order chi connectivity index (χ1) is 17.9. The molecule has 1 heterocycles. The highest BCUT2D eigenvalue weighted by Crippen LogP contribution is 2.37. The number of amides is 1. The molecule has 0 saturated heterocycles. The van der Waals surface area contributed by atoms with Crippen molar-refractivity contribution in [2.24, 2.45) is 5.10 Å². The number of hydrogen-bond donors (Lipinski definition) is 1. The number of carboxylic acids is 1. The van der Waals surface area contributed by atoms with Gasteiger partial charge in [0.1, 0.15) is 12.3 Å². The molecule has 1 amide bonds. The lowest BCUT2D eigenvalue weighted by molar-refractivity contribution is -0.114. The summed E-state index contributed by atoms with van der Waals surface area (Å²) in [5.74, 6) is -13.4. The molecule has 1 aliphatic heterocycles. The Kier molecular flexibility index (Phi) is 7.43. The zero-order valence-electron chi connectivity index (χ0n) is 19.0. The molecular weight excluding hydrogens is 558 g/mol. The Morgan fingerprint density at radius 1 is 0.974 bits per heavy atom. The van der Waals surface area contributed by atoms with Crippen LogP contribution in [0.1, 0.15) is 28.4 Å². The van der Waals surface area contributed by atoms with E-state index in [-0.39, 0.29) is 49.8 Å². The van der Waals surface area contributed by atoms with Crippen LogP contribution in [-0.2, 0) is 11.4 Å². The van der Waals surface area contributed by atoms with Crippen molar-refractivity contribution in [1.82, 2.24) is 0 Å². The number of aromatic carboxylic acids is 1. The second-order valence-electron chi connectivity index (χ2n) is 7.88. The van der Waals surface area contributed by atoms with Crippen molar-refractivity contribution in [1.29, 1.82) is 0 Å². The molecular formula is C25H13Cl2F5N2O4. The zero-order valence-corrected chi connectivity index (χ0v) is 20.5. The molecule has 0 bridgehead atoms. The molecule has 0 saturated carbocycles. The molecule has 3 aromatic carbocycles. The number of rotatable bonds is 6. The first kappa shape index (κ1) is 27.1. The number of carbonyl (C=O) groups is 2. The summed E-state index contributed by atoms with van der Waals surface area (Å²) in [4.78, 5) is 23.8. The minimum atomic E-state index is -2.37. The number of carbonyl (C=O) groups excluding carboxylic acids is 1. The Hall–Kier alpha value is -3.96. The predicted molar refractivity (Wildman–Crippen MR) is 129 cm³/mol. The predicted octanol–water partition coefficient (Wildman–Crippen LogP) is 6.77. The highest BCUT2D eigenvalue weighted by Gasteiger charge is 2.37. The van der Waals surface area contributed by atoms with Gasteiger partial charge in [-0.15, -0.1) is 0 Å². The maximum absolute atomic E-state index is 14.2. The number of halogens is 7. The molecule has 13 heteroatoms. The minimum absolute atomic E-state index is 0.000897. The molecule has 3 aromatic rings. The van der Waals surface area contributed by atoms with Crippen molar-refractivity contribution in [3.05, 3.63) is 97.8 Å². The minimum Gasteiger partial charge on any atom is -0.486 e. The summed E-state index contributed by atoms with van der Waals surface area (Å²) in [6.07, 6.45) is 1.22. The van der Waals surface area contributed by atoms with Crippen LogP contribution in [0, 0.1) is 29.1 Å². The van der Waals surface area contributed by atoms with Gasteiger partial charge in [0, 0.05) is 0 Å². The van der Waals surface area contributed by atoms with Crippen molar-refractivity contribution >= 4 is 52.6 Å². The average Bonchev–Trinajstić information content (AvgIpc) is 3.14. The zero-order chi connectivity index (χ0) is 27.9. The third kappa shape index (κ3) is 4.94. The Morgan fingerprint density at radius 3 is 2.03 bits per heavy atom. The van der Waals surface area contributed by atoms with E-state index in [1.807, 2.05) is 0 Å². The molecule has 0 spiro atoms. The van der Waals surface area contributed by atoms with Crippen molar-refractivity contribution < 1.29 is 41.4 Å². The van der Waals surface area contributed by atoms with E-state index in [0.717, 1.165) is 0 Å². The second-order valence-corrected chi connectivity index (χ2v) is 8.70. The van der Waals surface area contributed by atoms with Crippen LogP contribution < -0.4 is 9.75 Å². The summed E-state index contributed by atoms with van der Waals surface area (Å²) in [5, 5.41) is 12.8. The lowest BCUT2D eigenvalue weighted by atomic mass is 10.1. The fourth-order valence-electron chi connectivity index (χ4n) is 3.48. The van der Waals surface area contributed by atoms with E-state index < -0.39 is 46.6 Å². The van der Waals surface area contributed by atoms with Gasteiger partial charge in [-0.3, -0.25) is 4.79 Å². The van der Waals surface area contributed by atoms with Gasteiger partial charge < -0.3 is 9.84 Å². The molecule has 1 aliphatic rings. The Bertz CT molecular complexity index is 1510. The van der Waals surface area contributed by atoms with Gasteiger partial charge in [-0.2, -0.15) is 10.1 Å². The first-order valence-electron chi connectivity index (χ1n) is 10.5. The van der Waals surface area contributed by atoms with Crippen LogP contribution in [0.15, 0.2) is 47.1 Å². The largest absolute Gasteiger partial charge is 0.486 e. The summed E-state index contributed by atoms with van der Waals surface area (Å²) in [6, 6.07) is 8.63. The number of carboxylic acid groups (broad SMARTS) is 1. The van der Waals surface area contributed by atoms with E-state index in [0.29, 0.717) is 5.56 Å². The van der Waals surface area contributed by atoms with Gasteiger partial charge in [0.25, 0.3) is 5.91 Å². The van der Waals surface area contributed by atoms with Crippen LogP contribution in [0.3, 0.4) is 0 Å². The summed E-state index contributed by atoms with van der Waals surface area (Å²) >= 11 is 12.6. The Balaban J connectivity index is 1.59. The van der Waals surface area contributed by atoms with Gasteiger partial charge in [-0.05, 0) is 48.4 Å². The number of anilines is 1. The van der Waals surface area contributed by atoms with Gasteiger partial charge in [0.2, 0.25) is 5.82 Å². The van der Waals surface area contributed by atoms with E-state index in [2.05, 4.69) is 5.10 Å². The molecule has 0 fully saturated rings. The van der Waals surface area contributed by atoms with Gasteiger partial charge >= 0.3 is 5.97 Å². The van der Waals surface area contributed by atoms with Crippen molar-refractivity contribution in [2.45, 2.75) is 13.5 Å². The molecule has 0 unspecified atom stereocenters. The molecule has 0 aliphatic carbocycles. The van der Waals surface area contributed by atoms with Crippen LogP contribution in [0.25, 0.3) is 6.08 Å². The highest BCUT2D eigenvalue weighted by molar-refractivity contribution is 6.37.